The van der Waals surface area contributed by atoms with Crippen LogP contribution in [0.25, 0.3) is 10.9 Å². The van der Waals surface area contributed by atoms with E-state index in [1.165, 1.54) is 16.5 Å². The van der Waals surface area contributed by atoms with Crippen LogP contribution in [0.4, 0.5) is 0 Å². The van der Waals surface area contributed by atoms with E-state index in [9.17, 15) is 4.79 Å². The van der Waals surface area contributed by atoms with Crippen LogP contribution in [0.5, 0.6) is 5.75 Å². The zero-order valence-electron chi connectivity index (χ0n) is 18.4. The molecule has 2 aromatic heterocycles. The van der Waals surface area contributed by atoms with Gasteiger partial charge in [0.25, 0.3) is 0 Å². The quantitative estimate of drug-likeness (QED) is 0.610. The highest BCUT2D eigenvalue weighted by Gasteiger charge is 2.24. The van der Waals surface area contributed by atoms with Gasteiger partial charge in [0.2, 0.25) is 5.91 Å². The van der Waals surface area contributed by atoms with Crippen LogP contribution in [0, 0.1) is 0 Å². The predicted molar refractivity (Wildman–Crippen MR) is 118 cm³/mol. The minimum absolute atomic E-state index is 0.247. The lowest BCUT2D eigenvalue weighted by atomic mass is 10.1. The smallest absolute Gasteiger partial charge is 0.222 e. The van der Waals surface area contributed by atoms with Gasteiger partial charge in [-0.2, -0.15) is 0 Å². The number of methoxy groups -OCH3 is 1. The van der Waals surface area contributed by atoms with Gasteiger partial charge in [-0.25, -0.2) is 4.68 Å². The summed E-state index contributed by atoms with van der Waals surface area (Å²) in [6.07, 6.45) is 5.66. The molecule has 0 unspecified atom stereocenters. The van der Waals surface area contributed by atoms with Crippen LogP contribution in [-0.4, -0.2) is 62.0 Å². The number of carbonyl (C=O) groups is 1. The van der Waals surface area contributed by atoms with E-state index in [0.29, 0.717) is 12.8 Å². The van der Waals surface area contributed by atoms with E-state index in [1.54, 1.807) is 7.11 Å². The number of likely N-dealkylation sites (tertiary alicyclic amines) is 1. The molecule has 0 bridgehead atoms. The topological polar surface area (TPSA) is 68.4 Å². The van der Waals surface area contributed by atoms with Gasteiger partial charge in [0, 0.05) is 69.7 Å². The minimum atomic E-state index is 0.247. The number of benzene rings is 1. The Morgan fingerprint density at radius 3 is 2.81 bits per heavy atom. The van der Waals surface area contributed by atoms with Crippen LogP contribution in [0.15, 0.2) is 24.4 Å². The molecule has 0 atom stereocenters. The van der Waals surface area contributed by atoms with Crippen molar-refractivity contribution in [3.63, 3.8) is 0 Å². The zero-order valence-corrected chi connectivity index (χ0v) is 18.4. The lowest BCUT2D eigenvalue weighted by Crippen LogP contribution is -2.34. The van der Waals surface area contributed by atoms with Gasteiger partial charge in [0.15, 0.2) is 0 Å². The number of carbonyl (C=O) groups excluding carboxylic acids is 1. The number of hydrogen-bond acceptors (Lipinski definition) is 5. The number of ether oxygens (including phenoxy) is 1. The fourth-order valence-electron chi connectivity index (χ4n) is 4.87. The molecule has 0 N–H and O–H groups in total. The molecule has 1 saturated heterocycles. The summed E-state index contributed by atoms with van der Waals surface area (Å²) in [6, 6.07) is 6.24. The number of nitrogens with zero attached hydrogens (tertiary/aromatic N) is 6. The van der Waals surface area contributed by atoms with Crippen molar-refractivity contribution in [2.75, 3.05) is 26.7 Å². The highest BCUT2D eigenvalue weighted by Crippen LogP contribution is 2.27. The highest BCUT2D eigenvalue weighted by molar-refractivity contribution is 5.85. The number of hydrogen-bond donors (Lipinski definition) is 0. The fraction of sp³-hybridized carbons (Fsp3) is 0.522. The summed E-state index contributed by atoms with van der Waals surface area (Å²) in [6.45, 7) is 5.24. The summed E-state index contributed by atoms with van der Waals surface area (Å²) in [5.74, 6) is 1.13. The first-order valence-electron chi connectivity index (χ1n) is 11.2. The first-order chi connectivity index (χ1) is 15.1. The molecule has 0 radical (unpaired) electrons. The van der Waals surface area contributed by atoms with Gasteiger partial charge in [-0.05, 0) is 36.6 Å². The number of aryl methyl sites for hydroxylation is 2. The van der Waals surface area contributed by atoms with Crippen molar-refractivity contribution in [2.24, 2.45) is 7.05 Å². The average molecular weight is 423 g/mol. The fourth-order valence-corrected chi connectivity index (χ4v) is 4.87. The summed E-state index contributed by atoms with van der Waals surface area (Å²) in [7, 11) is 3.79. The van der Waals surface area contributed by atoms with E-state index in [2.05, 4.69) is 45.2 Å². The largest absolute Gasteiger partial charge is 0.497 e. The first-order valence-corrected chi connectivity index (χ1v) is 11.2. The second kappa shape index (κ2) is 8.34. The molecule has 8 heteroatoms. The van der Waals surface area contributed by atoms with Gasteiger partial charge >= 0.3 is 0 Å². The Labute approximate surface area is 182 Å². The number of rotatable bonds is 6. The highest BCUT2D eigenvalue weighted by atomic mass is 16.5. The van der Waals surface area contributed by atoms with Gasteiger partial charge in [0.1, 0.15) is 5.75 Å². The van der Waals surface area contributed by atoms with E-state index in [1.807, 2.05) is 15.6 Å². The second-order valence-electron chi connectivity index (χ2n) is 8.65. The summed E-state index contributed by atoms with van der Waals surface area (Å²) >= 11 is 0. The summed E-state index contributed by atoms with van der Waals surface area (Å²) in [4.78, 5) is 16.9. The van der Waals surface area contributed by atoms with E-state index in [4.69, 9.17) is 4.74 Å². The molecule has 1 amide bonds. The molecule has 0 aliphatic carbocycles. The van der Waals surface area contributed by atoms with E-state index < -0.39 is 0 Å². The summed E-state index contributed by atoms with van der Waals surface area (Å²) in [5, 5.41) is 9.99. The van der Waals surface area contributed by atoms with Crippen molar-refractivity contribution in [3.05, 3.63) is 41.3 Å². The van der Waals surface area contributed by atoms with Crippen LogP contribution in [0.3, 0.4) is 0 Å². The normalized spacial score (nSPS) is 16.8. The second-order valence-corrected chi connectivity index (χ2v) is 8.65. The standard InChI is InChI=1S/C23H30N6O2/c1-26-14-17(19-13-18(31-2)5-7-21(19)26)15-27-11-12-29-22(16-27)20(24-25-29)6-8-23(30)28-9-3-4-10-28/h5,7,13-14H,3-4,6,8-12,15-16H2,1-2H3. The molecule has 2 aliphatic rings. The van der Waals surface area contributed by atoms with Crippen molar-refractivity contribution >= 4 is 16.8 Å². The minimum Gasteiger partial charge on any atom is -0.497 e. The van der Waals surface area contributed by atoms with Crippen molar-refractivity contribution in [2.45, 2.75) is 45.3 Å². The molecular weight excluding hydrogens is 392 g/mol. The summed E-state index contributed by atoms with van der Waals surface area (Å²) in [5.41, 5.74) is 4.62. The van der Waals surface area contributed by atoms with Gasteiger partial charge < -0.3 is 14.2 Å². The third kappa shape index (κ3) is 3.92. The molecule has 2 aliphatic heterocycles. The lowest BCUT2D eigenvalue weighted by molar-refractivity contribution is -0.130. The first kappa shape index (κ1) is 20.1. The van der Waals surface area contributed by atoms with Crippen LogP contribution in [-0.2, 0) is 37.9 Å². The van der Waals surface area contributed by atoms with Crippen LogP contribution in [0.1, 0.15) is 36.2 Å². The third-order valence-electron chi connectivity index (χ3n) is 6.63. The number of aromatic nitrogens is 4. The Kier molecular flexibility index (Phi) is 5.40. The van der Waals surface area contributed by atoms with Crippen LogP contribution >= 0.6 is 0 Å². The SMILES string of the molecule is COc1ccc2c(c1)c(CN1CCn3nnc(CCC(=O)N4CCCC4)c3C1)cn2C. The maximum Gasteiger partial charge on any atom is 0.222 e. The van der Waals surface area contributed by atoms with Crippen molar-refractivity contribution in [1.82, 2.24) is 29.4 Å². The monoisotopic (exact) mass is 422 g/mol. The predicted octanol–water partition coefficient (Wildman–Crippen LogP) is 2.35. The van der Waals surface area contributed by atoms with Gasteiger partial charge in [-0.1, -0.05) is 5.21 Å². The molecular formula is C23H30N6O2. The van der Waals surface area contributed by atoms with Gasteiger partial charge in [-0.15, -0.1) is 5.10 Å². The maximum atomic E-state index is 12.4. The summed E-state index contributed by atoms with van der Waals surface area (Å²) < 4.78 is 9.63. The molecule has 0 saturated carbocycles. The van der Waals surface area contributed by atoms with Gasteiger partial charge in [-0.3, -0.25) is 9.69 Å². The Morgan fingerprint density at radius 1 is 1.16 bits per heavy atom. The zero-order chi connectivity index (χ0) is 21.4. The number of amides is 1. The van der Waals surface area contributed by atoms with Crippen LogP contribution < -0.4 is 4.74 Å². The van der Waals surface area contributed by atoms with Gasteiger partial charge in [0.05, 0.1) is 25.0 Å². The molecule has 3 aromatic rings. The van der Waals surface area contributed by atoms with E-state index in [-0.39, 0.29) is 5.91 Å². The molecule has 1 fully saturated rings. The molecule has 4 heterocycles. The number of fused-ring (bicyclic) bond motifs is 2. The lowest BCUT2D eigenvalue weighted by Gasteiger charge is -2.27. The van der Waals surface area contributed by atoms with Crippen LogP contribution in [0.2, 0.25) is 0 Å². The van der Waals surface area contributed by atoms with Crippen molar-refractivity contribution in [3.8, 4) is 5.75 Å². The third-order valence-corrected chi connectivity index (χ3v) is 6.63. The molecule has 31 heavy (non-hydrogen) atoms. The van der Waals surface area contributed by atoms with Crippen molar-refractivity contribution < 1.29 is 9.53 Å². The molecule has 8 nitrogen and oxygen atoms in total. The Balaban J connectivity index is 1.29. The van der Waals surface area contributed by atoms with E-state index >= 15 is 0 Å². The Hall–Kier alpha value is -2.87. The van der Waals surface area contributed by atoms with E-state index in [0.717, 1.165) is 69.2 Å². The molecule has 5 rings (SSSR count). The van der Waals surface area contributed by atoms with Crippen molar-refractivity contribution in [1.29, 1.82) is 0 Å². The molecule has 164 valence electrons. The molecule has 1 aromatic carbocycles. The average Bonchev–Trinajstić information content (AvgIpc) is 3.52. The molecule has 0 spiro atoms. The maximum absolute atomic E-state index is 12.4. The Bertz CT molecular complexity index is 1100. The Morgan fingerprint density at radius 2 is 2.00 bits per heavy atom.